The number of alkyl halides is 3. The SMILES string of the molecule is O=C1CCOCC(C(F)(F)F)C1. The van der Waals surface area contributed by atoms with E-state index in [0.29, 0.717) is 0 Å². The van der Waals surface area contributed by atoms with Gasteiger partial charge in [-0.2, -0.15) is 13.2 Å². The number of hydrogen-bond acceptors (Lipinski definition) is 2. The predicted molar refractivity (Wildman–Crippen MR) is 34.6 cm³/mol. The fourth-order valence-corrected chi connectivity index (χ4v) is 1.06. The average molecular weight is 182 g/mol. The van der Waals surface area contributed by atoms with E-state index in [1.54, 1.807) is 0 Å². The van der Waals surface area contributed by atoms with Crippen LogP contribution in [0.15, 0.2) is 0 Å². The van der Waals surface area contributed by atoms with Crippen molar-refractivity contribution in [1.82, 2.24) is 0 Å². The fourth-order valence-electron chi connectivity index (χ4n) is 1.06. The van der Waals surface area contributed by atoms with Crippen molar-refractivity contribution >= 4 is 5.78 Å². The summed E-state index contributed by atoms with van der Waals surface area (Å²) in [6.45, 7) is -0.263. The van der Waals surface area contributed by atoms with Gasteiger partial charge in [0.05, 0.1) is 19.1 Å². The molecule has 0 aliphatic carbocycles. The quantitative estimate of drug-likeness (QED) is 0.568. The van der Waals surface area contributed by atoms with Crippen molar-refractivity contribution in [2.24, 2.45) is 5.92 Å². The molecule has 70 valence electrons. The second kappa shape index (κ2) is 3.43. The molecule has 0 aromatic rings. The third-order valence-corrected chi connectivity index (χ3v) is 1.78. The number of ketones is 1. The molecule has 0 aromatic carbocycles. The summed E-state index contributed by atoms with van der Waals surface area (Å²) in [7, 11) is 0. The second-order valence-electron chi connectivity index (χ2n) is 2.81. The van der Waals surface area contributed by atoms with Gasteiger partial charge in [-0.05, 0) is 0 Å². The van der Waals surface area contributed by atoms with Crippen LogP contribution in [0.1, 0.15) is 12.8 Å². The molecule has 1 atom stereocenters. The lowest BCUT2D eigenvalue weighted by Crippen LogP contribution is -2.27. The van der Waals surface area contributed by atoms with Gasteiger partial charge < -0.3 is 4.74 Å². The Morgan fingerprint density at radius 1 is 1.42 bits per heavy atom. The number of carbonyl (C=O) groups excluding carboxylic acids is 1. The first-order chi connectivity index (χ1) is 5.50. The fraction of sp³-hybridized carbons (Fsp3) is 0.857. The maximum atomic E-state index is 12.1. The lowest BCUT2D eigenvalue weighted by atomic mass is 10.0. The first-order valence-corrected chi connectivity index (χ1v) is 3.66. The second-order valence-corrected chi connectivity index (χ2v) is 2.81. The summed E-state index contributed by atoms with van der Waals surface area (Å²) >= 11 is 0. The third-order valence-electron chi connectivity index (χ3n) is 1.78. The van der Waals surface area contributed by atoms with Crippen LogP contribution in [0, 0.1) is 5.92 Å². The maximum absolute atomic E-state index is 12.1. The molecule has 0 saturated carbocycles. The molecule has 1 heterocycles. The summed E-state index contributed by atoms with van der Waals surface area (Å²) < 4.78 is 40.9. The highest BCUT2D eigenvalue weighted by atomic mass is 19.4. The number of halogens is 3. The van der Waals surface area contributed by atoms with E-state index in [1.165, 1.54) is 0 Å². The molecule has 1 aliphatic heterocycles. The first-order valence-electron chi connectivity index (χ1n) is 3.66. The van der Waals surface area contributed by atoms with Gasteiger partial charge in [-0.3, -0.25) is 4.79 Å². The number of ether oxygens (including phenoxy) is 1. The number of hydrogen-bond donors (Lipinski definition) is 0. The summed E-state index contributed by atoms with van der Waals surface area (Å²) in [5.74, 6) is -1.97. The molecule has 0 aromatic heterocycles. The highest BCUT2D eigenvalue weighted by molar-refractivity contribution is 5.79. The average Bonchev–Trinajstić information content (AvgIpc) is 2.11. The van der Waals surface area contributed by atoms with Gasteiger partial charge in [0.2, 0.25) is 0 Å². The van der Waals surface area contributed by atoms with Crippen molar-refractivity contribution in [1.29, 1.82) is 0 Å². The zero-order valence-corrected chi connectivity index (χ0v) is 6.36. The Balaban J connectivity index is 2.58. The molecular weight excluding hydrogens is 173 g/mol. The van der Waals surface area contributed by atoms with Gasteiger partial charge in [-0.15, -0.1) is 0 Å². The standard InChI is InChI=1S/C7H9F3O2/c8-7(9,10)5-3-6(11)1-2-12-4-5/h5H,1-4H2. The van der Waals surface area contributed by atoms with Crippen molar-refractivity contribution < 1.29 is 22.7 Å². The van der Waals surface area contributed by atoms with Gasteiger partial charge in [-0.1, -0.05) is 0 Å². The smallest absolute Gasteiger partial charge is 0.380 e. The van der Waals surface area contributed by atoms with Gasteiger partial charge in [0.1, 0.15) is 5.78 Å². The van der Waals surface area contributed by atoms with Crippen LogP contribution < -0.4 is 0 Å². The van der Waals surface area contributed by atoms with E-state index >= 15 is 0 Å². The van der Waals surface area contributed by atoms with Crippen LogP contribution in [0.2, 0.25) is 0 Å². The molecule has 0 bridgehead atoms. The predicted octanol–water partition coefficient (Wildman–Crippen LogP) is 1.54. The first kappa shape index (κ1) is 9.51. The van der Waals surface area contributed by atoms with E-state index in [1.807, 2.05) is 0 Å². The number of Topliss-reactive ketones (excluding diaryl/α,β-unsaturated/α-hetero) is 1. The van der Waals surface area contributed by atoms with E-state index < -0.39 is 18.5 Å². The molecule has 12 heavy (non-hydrogen) atoms. The van der Waals surface area contributed by atoms with Gasteiger partial charge in [0.25, 0.3) is 0 Å². The molecule has 0 amide bonds. The van der Waals surface area contributed by atoms with Crippen molar-refractivity contribution in [3.63, 3.8) is 0 Å². The zero-order valence-electron chi connectivity index (χ0n) is 6.36. The van der Waals surface area contributed by atoms with Gasteiger partial charge in [0.15, 0.2) is 0 Å². The van der Waals surface area contributed by atoms with Crippen LogP contribution in [-0.2, 0) is 9.53 Å². The van der Waals surface area contributed by atoms with E-state index in [0.717, 1.165) is 0 Å². The highest BCUT2D eigenvalue weighted by Gasteiger charge is 2.41. The molecular formula is C7H9F3O2. The molecule has 2 nitrogen and oxygen atoms in total. The summed E-state index contributed by atoms with van der Waals surface area (Å²) in [6, 6.07) is 0. The largest absolute Gasteiger partial charge is 0.394 e. The van der Waals surface area contributed by atoms with Crippen LogP contribution >= 0.6 is 0 Å². The monoisotopic (exact) mass is 182 g/mol. The summed E-state index contributed by atoms with van der Waals surface area (Å²) in [4.78, 5) is 10.8. The molecule has 0 N–H and O–H groups in total. The summed E-state index contributed by atoms with van der Waals surface area (Å²) in [5, 5.41) is 0. The Kier molecular flexibility index (Phi) is 2.72. The molecule has 1 rings (SSSR count). The van der Waals surface area contributed by atoms with Crippen LogP contribution in [0.5, 0.6) is 0 Å². The Bertz CT molecular complexity index is 176. The minimum absolute atomic E-state index is 0.104. The van der Waals surface area contributed by atoms with Crippen LogP contribution in [-0.4, -0.2) is 25.2 Å². The Labute approximate surface area is 67.7 Å². The Morgan fingerprint density at radius 2 is 2.08 bits per heavy atom. The number of carbonyl (C=O) groups is 1. The molecule has 1 aliphatic rings. The summed E-state index contributed by atoms with van der Waals surface area (Å²) in [5.41, 5.74) is 0. The molecule has 1 unspecified atom stereocenters. The maximum Gasteiger partial charge on any atom is 0.394 e. The molecule has 0 radical (unpaired) electrons. The molecule has 5 heteroatoms. The van der Waals surface area contributed by atoms with Crippen molar-refractivity contribution in [3.8, 4) is 0 Å². The lowest BCUT2D eigenvalue weighted by molar-refractivity contribution is -0.187. The van der Waals surface area contributed by atoms with Gasteiger partial charge in [-0.25, -0.2) is 0 Å². The highest BCUT2D eigenvalue weighted by Crippen LogP contribution is 2.30. The lowest BCUT2D eigenvalue weighted by Gasteiger charge is -2.16. The molecule has 1 saturated heterocycles. The van der Waals surface area contributed by atoms with E-state index in [2.05, 4.69) is 4.74 Å². The van der Waals surface area contributed by atoms with Crippen molar-refractivity contribution in [2.45, 2.75) is 19.0 Å². The topological polar surface area (TPSA) is 26.3 Å². The van der Waals surface area contributed by atoms with Crippen LogP contribution in [0.3, 0.4) is 0 Å². The van der Waals surface area contributed by atoms with Crippen LogP contribution in [0.25, 0.3) is 0 Å². The minimum Gasteiger partial charge on any atom is -0.380 e. The molecule has 1 fully saturated rings. The molecule has 0 spiro atoms. The van der Waals surface area contributed by atoms with Gasteiger partial charge in [0, 0.05) is 12.8 Å². The van der Waals surface area contributed by atoms with Gasteiger partial charge >= 0.3 is 6.18 Å². The van der Waals surface area contributed by atoms with Crippen LogP contribution in [0.4, 0.5) is 13.2 Å². The van der Waals surface area contributed by atoms with Crippen molar-refractivity contribution in [2.75, 3.05) is 13.2 Å². The van der Waals surface area contributed by atoms with E-state index in [9.17, 15) is 18.0 Å². The van der Waals surface area contributed by atoms with Crippen molar-refractivity contribution in [3.05, 3.63) is 0 Å². The summed E-state index contributed by atoms with van der Waals surface area (Å²) in [6.07, 6.45) is -4.63. The Hall–Kier alpha value is -0.580. The Morgan fingerprint density at radius 3 is 2.67 bits per heavy atom. The van der Waals surface area contributed by atoms with E-state index in [-0.39, 0.29) is 25.4 Å². The normalized spacial score (nSPS) is 26.9. The number of rotatable bonds is 0. The zero-order chi connectivity index (χ0) is 9.19. The van der Waals surface area contributed by atoms with E-state index in [4.69, 9.17) is 0 Å². The third kappa shape index (κ3) is 2.48. The minimum atomic E-state index is -4.31.